The molecule has 2 aromatic heterocycles. The van der Waals surface area contributed by atoms with E-state index in [1.165, 1.54) is 36.7 Å². The van der Waals surface area contributed by atoms with E-state index in [2.05, 4.69) is 85.5 Å². The predicted octanol–water partition coefficient (Wildman–Crippen LogP) is 12.6. The molecule has 63 heavy (non-hydrogen) atoms. The third kappa shape index (κ3) is 20.7. The van der Waals surface area contributed by atoms with Gasteiger partial charge in [0.05, 0.1) is 5.69 Å². The van der Waals surface area contributed by atoms with Gasteiger partial charge >= 0.3 is 70.9 Å². The number of aryl methyl sites for hydroxylation is 2. The number of hydrogen-bond donors (Lipinski definition) is 5. The number of aliphatic imine (C=N–C) groups is 1. The number of rotatable bonds is 9. The average Bonchev–Trinajstić information content (AvgIpc) is 3.24. The summed E-state index contributed by atoms with van der Waals surface area (Å²) in [5.41, 5.74) is 9.53. The number of carbonyl (C=O) groups excluding carboxylic acids is 4. The van der Waals surface area contributed by atoms with E-state index in [1.54, 1.807) is 91.0 Å². The number of anilines is 3. The molecule has 20 heteroatoms. The molecule has 0 bridgehead atoms. The molecule has 0 aliphatic carbocycles. The molecule has 0 saturated carbocycles. The van der Waals surface area contributed by atoms with Crippen molar-refractivity contribution in [3.63, 3.8) is 0 Å². The first-order valence-electron chi connectivity index (χ1n) is 20.2. The third-order valence-electron chi connectivity index (χ3n) is 7.35. The fourth-order valence-corrected chi connectivity index (χ4v) is 4.74. The van der Waals surface area contributed by atoms with E-state index in [1.807, 2.05) is 24.5 Å². The number of isocyanates is 1. The van der Waals surface area contributed by atoms with Crippen LogP contribution in [0.3, 0.4) is 0 Å². The Hall–Kier alpha value is -4.48. The molecule has 0 fully saturated rings. The second-order valence-electron chi connectivity index (χ2n) is 11.8. The van der Waals surface area contributed by atoms with E-state index in [0.29, 0.717) is 55.8 Å². The molecule has 2 heterocycles. The molecular weight excluding hydrogens is 1230 g/mol. The molecule has 0 radical (unpaired) electrons. The number of nitrogens with one attached hydrogen (secondary N) is 4. The number of nitrogens with zero attached hydrogens (tertiary/aromatic N) is 3. The van der Waals surface area contributed by atoms with Crippen LogP contribution in [-0.4, -0.2) is 47.8 Å². The third-order valence-corrected chi connectivity index (χ3v) is 8.20. The molecule has 330 valence electrons. The molecule has 0 unspecified atom stereocenters. The van der Waals surface area contributed by atoms with Crippen molar-refractivity contribution in [1.29, 1.82) is 0 Å². The van der Waals surface area contributed by atoms with Crippen LogP contribution in [0.1, 0.15) is 47.8 Å². The SMILES string of the molecule is C.Cc1cc(N=C=O)ccc1Cl.[2H]C([2H])([2H])NC(=O)c1cc(Oc2ccc(N)cc2)ccn1.[2H]C([2H])([2H])NC(=O)c1cc(Oc2ccc(NC(=O)Nc3ccc(Cl)c(C)c3)cc2)ccn1.[I][V]([I])[I]. The van der Waals surface area contributed by atoms with E-state index in [0.717, 1.165) is 11.1 Å². The summed E-state index contributed by atoms with van der Waals surface area (Å²) in [7, 11) is 0. The molecule has 14 nitrogen and oxygen atoms in total. The van der Waals surface area contributed by atoms with Gasteiger partial charge in [0.15, 0.2) is 0 Å². The van der Waals surface area contributed by atoms with Crippen molar-refractivity contribution >= 4 is 130 Å². The Kier molecular flexibility index (Phi) is 20.8. The van der Waals surface area contributed by atoms with Gasteiger partial charge in [0.2, 0.25) is 6.08 Å². The average molecular weight is 1280 g/mol. The van der Waals surface area contributed by atoms with Crippen LogP contribution < -0.4 is 36.5 Å². The number of nitrogen functional groups attached to an aromatic ring is 1. The summed E-state index contributed by atoms with van der Waals surface area (Å²) >= 11 is 19.1. The minimum absolute atomic E-state index is 0. The maximum atomic E-state index is 12.2. The first-order chi connectivity index (χ1) is 31.9. The Labute approximate surface area is 422 Å². The molecular formula is C43H42Cl2I3N8O6V. The van der Waals surface area contributed by atoms with Gasteiger partial charge in [-0.3, -0.25) is 19.6 Å². The monoisotopic (exact) mass is 1270 g/mol. The Morgan fingerprint density at radius 3 is 1.59 bits per heavy atom. The molecule has 0 aliphatic heterocycles. The van der Waals surface area contributed by atoms with Crippen LogP contribution >= 0.6 is 83.1 Å². The number of carbonyl (C=O) groups is 3. The molecule has 0 spiro atoms. The van der Waals surface area contributed by atoms with Crippen LogP contribution in [0.25, 0.3) is 0 Å². The molecule has 0 atom stereocenters. The van der Waals surface area contributed by atoms with Crippen LogP contribution in [0.4, 0.5) is 27.5 Å². The Bertz CT molecular complexity index is 2710. The summed E-state index contributed by atoms with van der Waals surface area (Å²) in [6.45, 7) is -1.48. The molecule has 6 N–H and O–H groups in total. The second kappa shape index (κ2) is 29.1. The predicted molar refractivity (Wildman–Crippen MR) is 274 cm³/mol. The topological polar surface area (TPSA) is 199 Å². The van der Waals surface area contributed by atoms with E-state index in [-0.39, 0.29) is 23.7 Å². The minimum atomic E-state index is -2.61. The summed E-state index contributed by atoms with van der Waals surface area (Å²) in [5.74, 6) is 0.0163. The molecule has 4 aromatic carbocycles. The van der Waals surface area contributed by atoms with Gasteiger partial charge in [0, 0.05) is 73.8 Å². The Balaban J connectivity index is 0.000000376. The number of urea groups is 1. The molecule has 6 aromatic rings. The zero-order valence-corrected chi connectivity index (χ0v) is 41.6. The Morgan fingerprint density at radius 1 is 0.683 bits per heavy atom. The number of pyridine rings is 2. The fourth-order valence-electron chi connectivity index (χ4n) is 4.51. The van der Waals surface area contributed by atoms with E-state index in [9.17, 15) is 19.2 Å². The van der Waals surface area contributed by atoms with Crippen molar-refractivity contribution in [1.82, 2.24) is 20.6 Å². The van der Waals surface area contributed by atoms with Crippen molar-refractivity contribution in [2.45, 2.75) is 21.3 Å². The molecule has 4 amide bonds. The van der Waals surface area contributed by atoms with E-state index >= 15 is 0 Å². The van der Waals surface area contributed by atoms with E-state index in [4.69, 9.17) is 46.6 Å². The van der Waals surface area contributed by atoms with Gasteiger partial charge in [-0.25, -0.2) is 9.59 Å². The number of nitrogens with two attached hydrogens (primary N) is 1. The zero-order valence-electron chi connectivity index (χ0n) is 38.3. The van der Waals surface area contributed by atoms with Crippen LogP contribution in [0.15, 0.2) is 127 Å². The van der Waals surface area contributed by atoms with Crippen LogP contribution in [0.2, 0.25) is 10.0 Å². The number of ether oxygens (including phenoxy) is 2. The Morgan fingerprint density at radius 2 is 1.13 bits per heavy atom. The normalized spacial score (nSPS) is 11.4. The van der Waals surface area contributed by atoms with Gasteiger partial charge < -0.3 is 36.5 Å². The maximum absolute atomic E-state index is 12.2. The van der Waals surface area contributed by atoms with Crippen molar-refractivity contribution < 1.29 is 41.8 Å². The van der Waals surface area contributed by atoms with Gasteiger partial charge in [-0.1, -0.05) is 30.6 Å². The number of hydrogen-bond acceptors (Lipinski definition) is 10. The molecule has 0 aliphatic rings. The number of benzene rings is 4. The standard InChI is InChI=1S/C21H19ClN4O3.C13H13N3O2.C8H6ClNO.CH4.3HI.V/c1-13-11-15(5-8-18(13)22)26-21(28)25-14-3-6-16(7-4-14)29-17-9-10-24-19(12-17)20(27)23-2;1-15-13(17)12-8-11(6-7-16-12)18-10-4-2-9(14)3-5-10;1-6-4-7(10-5-11)2-3-8(6)9;;;;;/h3-12H,1-2H3,(H,23,27)(H2,25,26,28);2-8H,14H2,1H3,(H,15,17);2-4H,1H3;1H4;3*1H;/q;;;;;;;+3/p-3/i2D3;1D3;;;;;;. The fraction of sp³-hybridized carbons (Fsp3) is 0.116. The van der Waals surface area contributed by atoms with Gasteiger partial charge in [-0.05, 0) is 122 Å². The first kappa shape index (κ1) is 45.1. The van der Waals surface area contributed by atoms with Gasteiger partial charge in [0.1, 0.15) is 34.4 Å². The molecule has 0 saturated heterocycles. The first-order valence-corrected chi connectivity index (χ1v) is 31.5. The quantitative estimate of drug-likeness (QED) is 0.0404. The summed E-state index contributed by atoms with van der Waals surface area (Å²) in [6.07, 6.45) is 4.16. The molecule has 6 rings (SSSR count). The van der Waals surface area contributed by atoms with Gasteiger partial charge in [-0.15, -0.1) is 0 Å². The van der Waals surface area contributed by atoms with Crippen molar-refractivity contribution in [3.05, 3.63) is 154 Å². The zero-order chi connectivity index (χ0) is 50.6. The van der Waals surface area contributed by atoms with E-state index < -0.39 is 31.8 Å². The van der Waals surface area contributed by atoms with Gasteiger partial charge in [0.25, 0.3) is 11.8 Å². The van der Waals surface area contributed by atoms with Crippen molar-refractivity contribution in [3.8, 4) is 23.0 Å². The summed E-state index contributed by atoms with van der Waals surface area (Å²) in [5, 5.41) is 10.4. The second-order valence-corrected chi connectivity index (χ2v) is 48.0. The van der Waals surface area contributed by atoms with Gasteiger partial charge in [-0.2, -0.15) is 4.99 Å². The summed E-state index contributed by atoms with van der Waals surface area (Å²) < 4.78 is 53.5. The van der Waals surface area contributed by atoms with Crippen molar-refractivity contribution in [2.24, 2.45) is 4.99 Å². The van der Waals surface area contributed by atoms with Crippen LogP contribution in [-0.2, 0) is 9.72 Å². The number of halogens is 5. The van der Waals surface area contributed by atoms with Crippen LogP contribution in [0, 0.1) is 13.8 Å². The number of aromatic nitrogens is 2. The number of amides is 4. The summed E-state index contributed by atoms with van der Waals surface area (Å²) in [6, 6.07) is 28.9. The van der Waals surface area contributed by atoms with Crippen LogP contribution in [0.5, 0.6) is 23.0 Å². The summed E-state index contributed by atoms with van der Waals surface area (Å²) in [4.78, 5) is 56.5. The van der Waals surface area contributed by atoms with Crippen molar-refractivity contribution in [2.75, 3.05) is 30.3 Å².